The first-order valence-corrected chi connectivity index (χ1v) is 9.91. The molecule has 0 radical (unpaired) electrons. The zero-order valence-corrected chi connectivity index (χ0v) is 15.3. The van der Waals surface area contributed by atoms with E-state index in [-0.39, 0.29) is 0 Å². The summed E-state index contributed by atoms with van der Waals surface area (Å²) in [4.78, 5) is 0. The van der Waals surface area contributed by atoms with Crippen LogP contribution < -0.4 is 0 Å². The van der Waals surface area contributed by atoms with Gasteiger partial charge in [-0.2, -0.15) is 5.26 Å². The van der Waals surface area contributed by atoms with E-state index < -0.39 is 0 Å². The van der Waals surface area contributed by atoms with Crippen LogP contribution >= 0.6 is 0 Å². The van der Waals surface area contributed by atoms with Gasteiger partial charge < -0.3 is 4.74 Å². The minimum atomic E-state index is 0.674. The summed E-state index contributed by atoms with van der Waals surface area (Å²) in [6.45, 7) is 4.16. The molecule has 2 nitrogen and oxygen atoms in total. The number of unbranched alkanes of at least 4 members (excludes halogenated alkanes) is 5. The van der Waals surface area contributed by atoms with Crippen LogP contribution in [0.25, 0.3) is 0 Å². The summed E-state index contributed by atoms with van der Waals surface area (Å²) in [5, 5.41) is 8.88. The molecule has 1 aromatic rings. The van der Waals surface area contributed by atoms with Crippen LogP contribution in [0, 0.1) is 17.2 Å². The van der Waals surface area contributed by atoms with Crippen molar-refractivity contribution in [3.05, 3.63) is 35.4 Å². The maximum Gasteiger partial charge on any atom is 0.0991 e. The average molecular weight is 328 g/mol. The quantitative estimate of drug-likeness (QED) is 0.479. The van der Waals surface area contributed by atoms with E-state index >= 15 is 0 Å². The second-order valence-electron chi connectivity index (χ2n) is 7.29. The Morgan fingerprint density at radius 3 is 2.29 bits per heavy atom. The Hall–Kier alpha value is -1.33. The third-order valence-electron chi connectivity index (χ3n) is 5.35. The van der Waals surface area contributed by atoms with E-state index in [2.05, 4.69) is 25.1 Å². The number of benzene rings is 1. The summed E-state index contributed by atoms with van der Waals surface area (Å²) >= 11 is 0. The van der Waals surface area contributed by atoms with Gasteiger partial charge in [-0.3, -0.25) is 0 Å². The first-order valence-electron chi connectivity index (χ1n) is 9.91. The predicted molar refractivity (Wildman–Crippen MR) is 100 cm³/mol. The number of hydrogen-bond donors (Lipinski definition) is 0. The summed E-state index contributed by atoms with van der Waals surface area (Å²) < 4.78 is 5.91. The molecule has 1 saturated carbocycles. The van der Waals surface area contributed by atoms with Crippen molar-refractivity contribution in [2.24, 2.45) is 5.92 Å². The second-order valence-corrected chi connectivity index (χ2v) is 7.29. The summed E-state index contributed by atoms with van der Waals surface area (Å²) in [7, 11) is 0. The third kappa shape index (κ3) is 6.65. The molecule has 132 valence electrons. The van der Waals surface area contributed by atoms with Crippen molar-refractivity contribution < 1.29 is 4.74 Å². The molecule has 0 aromatic heterocycles. The van der Waals surface area contributed by atoms with Gasteiger partial charge in [0.25, 0.3) is 0 Å². The van der Waals surface area contributed by atoms with Crippen LogP contribution in [0.2, 0.25) is 0 Å². The van der Waals surface area contributed by atoms with Gasteiger partial charge in [-0.15, -0.1) is 0 Å². The van der Waals surface area contributed by atoms with Gasteiger partial charge in [0, 0.05) is 13.2 Å². The maximum absolute atomic E-state index is 8.88. The van der Waals surface area contributed by atoms with Crippen molar-refractivity contribution in [3.63, 3.8) is 0 Å². The normalized spacial score (nSPS) is 20.7. The second kappa shape index (κ2) is 11.3. The van der Waals surface area contributed by atoms with E-state index in [1.807, 2.05) is 12.1 Å². The predicted octanol–water partition coefficient (Wildman–Crippen LogP) is 6.21. The molecule has 0 saturated heterocycles. The molecule has 1 fully saturated rings. The number of nitrogens with zero attached hydrogens (tertiary/aromatic N) is 1. The molecule has 0 unspecified atom stereocenters. The Labute approximate surface area is 148 Å². The van der Waals surface area contributed by atoms with Gasteiger partial charge in [-0.05, 0) is 61.6 Å². The summed E-state index contributed by atoms with van der Waals surface area (Å²) in [5.41, 5.74) is 2.16. The molecule has 0 atom stereocenters. The summed E-state index contributed by atoms with van der Waals surface area (Å²) in [5.74, 6) is 1.42. The fraction of sp³-hybridized carbons (Fsp3) is 0.682. The molecule has 0 amide bonds. The highest BCUT2D eigenvalue weighted by atomic mass is 16.5. The van der Waals surface area contributed by atoms with Crippen molar-refractivity contribution >= 4 is 0 Å². The van der Waals surface area contributed by atoms with Crippen molar-refractivity contribution in [1.82, 2.24) is 0 Å². The van der Waals surface area contributed by atoms with E-state index in [0.717, 1.165) is 24.7 Å². The Morgan fingerprint density at radius 1 is 0.958 bits per heavy atom. The van der Waals surface area contributed by atoms with Crippen LogP contribution in [0.1, 0.15) is 88.2 Å². The molecule has 0 spiro atoms. The lowest BCUT2D eigenvalue weighted by atomic mass is 9.79. The van der Waals surface area contributed by atoms with Crippen molar-refractivity contribution in [1.29, 1.82) is 5.26 Å². The first kappa shape index (κ1) is 19.0. The average Bonchev–Trinajstić information content (AvgIpc) is 2.64. The van der Waals surface area contributed by atoms with Gasteiger partial charge in [0.15, 0.2) is 0 Å². The van der Waals surface area contributed by atoms with Crippen LogP contribution in [-0.2, 0) is 4.74 Å². The summed E-state index contributed by atoms with van der Waals surface area (Å²) in [6, 6.07) is 10.4. The molecular weight excluding hydrogens is 294 g/mol. The van der Waals surface area contributed by atoms with Crippen LogP contribution in [0.5, 0.6) is 0 Å². The van der Waals surface area contributed by atoms with Crippen LogP contribution in [0.3, 0.4) is 0 Å². The highest BCUT2D eigenvalue weighted by Crippen LogP contribution is 2.35. The van der Waals surface area contributed by atoms with Gasteiger partial charge in [0.2, 0.25) is 0 Å². The Kier molecular flexibility index (Phi) is 8.92. The molecule has 0 N–H and O–H groups in total. The molecule has 2 rings (SSSR count). The number of rotatable bonds is 10. The minimum Gasteiger partial charge on any atom is -0.381 e. The Bertz CT molecular complexity index is 480. The lowest BCUT2D eigenvalue weighted by Crippen LogP contribution is -2.18. The van der Waals surface area contributed by atoms with Crippen LogP contribution in [-0.4, -0.2) is 13.2 Å². The number of ether oxygens (including phenoxy) is 1. The zero-order valence-electron chi connectivity index (χ0n) is 15.3. The SMILES string of the molecule is CCCCCCCCOC[C@H]1CC[C@H](c2ccc(C#N)cc2)CC1. The Balaban J connectivity index is 1.55. The van der Waals surface area contributed by atoms with Crippen LogP contribution in [0.15, 0.2) is 24.3 Å². The summed E-state index contributed by atoms with van der Waals surface area (Å²) in [6.07, 6.45) is 13.1. The molecule has 2 heteroatoms. The largest absolute Gasteiger partial charge is 0.381 e. The molecule has 1 aromatic carbocycles. The van der Waals surface area contributed by atoms with Crippen molar-refractivity contribution in [2.75, 3.05) is 13.2 Å². The van der Waals surface area contributed by atoms with Gasteiger partial charge in [0.1, 0.15) is 0 Å². The van der Waals surface area contributed by atoms with E-state index in [4.69, 9.17) is 10.00 Å². The van der Waals surface area contributed by atoms with Gasteiger partial charge in [-0.25, -0.2) is 0 Å². The fourth-order valence-electron chi connectivity index (χ4n) is 3.73. The van der Waals surface area contributed by atoms with Crippen molar-refractivity contribution in [3.8, 4) is 6.07 Å². The smallest absolute Gasteiger partial charge is 0.0991 e. The molecule has 1 aliphatic carbocycles. The first-order chi connectivity index (χ1) is 11.8. The monoisotopic (exact) mass is 327 g/mol. The molecule has 24 heavy (non-hydrogen) atoms. The zero-order chi connectivity index (χ0) is 17.0. The van der Waals surface area contributed by atoms with Crippen molar-refractivity contribution in [2.45, 2.75) is 77.0 Å². The third-order valence-corrected chi connectivity index (χ3v) is 5.35. The minimum absolute atomic E-state index is 0.674. The number of hydrogen-bond acceptors (Lipinski definition) is 2. The topological polar surface area (TPSA) is 33.0 Å². The van der Waals surface area contributed by atoms with E-state index in [0.29, 0.717) is 5.92 Å². The molecule has 0 heterocycles. The van der Waals surface area contributed by atoms with Gasteiger partial charge in [-0.1, -0.05) is 51.2 Å². The molecule has 0 aliphatic heterocycles. The molecule has 1 aliphatic rings. The van der Waals surface area contributed by atoms with E-state index in [1.165, 1.54) is 69.8 Å². The standard InChI is InChI=1S/C22H33NO/c1-2-3-4-5-6-7-16-24-18-20-10-14-22(15-11-20)21-12-8-19(17-23)9-13-21/h8-9,12-13,20,22H,2-7,10-11,14-16,18H2,1H3/t20-,22-. The lowest BCUT2D eigenvalue weighted by Gasteiger charge is -2.28. The van der Waals surface area contributed by atoms with Crippen LogP contribution in [0.4, 0.5) is 0 Å². The Morgan fingerprint density at radius 2 is 1.62 bits per heavy atom. The highest BCUT2D eigenvalue weighted by Gasteiger charge is 2.22. The molecular formula is C22H33NO. The number of nitriles is 1. The maximum atomic E-state index is 8.88. The van der Waals surface area contributed by atoms with Gasteiger partial charge in [0.05, 0.1) is 11.6 Å². The lowest BCUT2D eigenvalue weighted by molar-refractivity contribution is 0.0799. The van der Waals surface area contributed by atoms with E-state index in [9.17, 15) is 0 Å². The fourth-order valence-corrected chi connectivity index (χ4v) is 3.73. The highest BCUT2D eigenvalue weighted by molar-refractivity contribution is 5.33. The van der Waals surface area contributed by atoms with Gasteiger partial charge >= 0.3 is 0 Å². The molecule has 0 bridgehead atoms. The van der Waals surface area contributed by atoms with E-state index in [1.54, 1.807) is 0 Å².